The zero-order valence-corrected chi connectivity index (χ0v) is 16.0. The zero-order valence-electron chi connectivity index (χ0n) is 16.0. The molecule has 2 heterocycles. The van der Waals surface area contributed by atoms with E-state index in [1.54, 1.807) is 12.1 Å². The van der Waals surface area contributed by atoms with E-state index in [-0.39, 0.29) is 5.56 Å². The highest BCUT2D eigenvalue weighted by Crippen LogP contribution is 2.16. The number of piperazine rings is 1. The van der Waals surface area contributed by atoms with E-state index in [9.17, 15) is 9.18 Å². The number of aromatic nitrogens is 2. The summed E-state index contributed by atoms with van der Waals surface area (Å²) in [4.78, 5) is 16.8. The molecule has 0 bridgehead atoms. The van der Waals surface area contributed by atoms with E-state index in [1.807, 2.05) is 12.1 Å². The smallest absolute Gasteiger partial charge is 0.256 e. The number of hydrogen-bond acceptors (Lipinski definition) is 5. The second kappa shape index (κ2) is 8.79. The Hall–Kier alpha value is -3.32. The van der Waals surface area contributed by atoms with E-state index in [0.29, 0.717) is 5.82 Å². The van der Waals surface area contributed by atoms with E-state index in [0.717, 1.165) is 38.5 Å². The monoisotopic (exact) mass is 391 g/mol. The van der Waals surface area contributed by atoms with Gasteiger partial charge in [0, 0.05) is 38.3 Å². The first-order valence-electron chi connectivity index (χ1n) is 9.59. The molecule has 148 valence electrons. The number of benzene rings is 2. The van der Waals surface area contributed by atoms with Gasteiger partial charge in [-0.05, 0) is 35.9 Å². The van der Waals surface area contributed by atoms with Crippen LogP contribution in [0.15, 0.2) is 66.7 Å². The van der Waals surface area contributed by atoms with Gasteiger partial charge in [0.15, 0.2) is 11.6 Å². The van der Waals surface area contributed by atoms with Gasteiger partial charge in [-0.25, -0.2) is 4.39 Å². The summed E-state index contributed by atoms with van der Waals surface area (Å²) in [6, 6.07) is 19.6. The van der Waals surface area contributed by atoms with Crippen molar-refractivity contribution in [2.75, 3.05) is 36.4 Å². The van der Waals surface area contributed by atoms with Gasteiger partial charge < -0.3 is 10.2 Å². The van der Waals surface area contributed by atoms with Gasteiger partial charge in [-0.3, -0.25) is 9.69 Å². The van der Waals surface area contributed by atoms with E-state index >= 15 is 0 Å². The number of carbonyl (C=O) groups is 1. The summed E-state index contributed by atoms with van der Waals surface area (Å²) in [6.07, 6.45) is 0. The van der Waals surface area contributed by atoms with E-state index < -0.39 is 11.7 Å². The third kappa shape index (κ3) is 4.94. The predicted molar refractivity (Wildman–Crippen MR) is 110 cm³/mol. The van der Waals surface area contributed by atoms with Crippen LogP contribution in [0, 0.1) is 5.82 Å². The first-order valence-corrected chi connectivity index (χ1v) is 9.59. The second-order valence-corrected chi connectivity index (χ2v) is 6.99. The first-order chi connectivity index (χ1) is 14.2. The minimum absolute atomic E-state index is 0.241. The molecule has 0 unspecified atom stereocenters. The molecule has 1 aliphatic rings. The van der Waals surface area contributed by atoms with Crippen LogP contribution >= 0.6 is 0 Å². The van der Waals surface area contributed by atoms with Crippen LogP contribution in [0.2, 0.25) is 0 Å². The number of anilines is 2. The maximum Gasteiger partial charge on any atom is 0.256 e. The lowest BCUT2D eigenvalue weighted by Gasteiger charge is -2.35. The first kappa shape index (κ1) is 19.0. The molecule has 1 aromatic heterocycles. The molecule has 3 aromatic rings. The molecule has 1 N–H and O–H groups in total. The third-order valence-corrected chi connectivity index (χ3v) is 4.92. The van der Waals surface area contributed by atoms with Crippen LogP contribution in [0.1, 0.15) is 15.9 Å². The fourth-order valence-corrected chi connectivity index (χ4v) is 3.36. The highest BCUT2D eigenvalue weighted by Gasteiger charge is 2.18. The molecule has 0 spiro atoms. The molecule has 1 fully saturated rings. The maximum absolute atomic E-state index is 13.3. The van der Waals surface area contributed by atoms with E-state index in [1.165, 1.54) is 23.8 Å². The number of carbonyl (C=O) groups excluding carboxylic acids is 1. The van der Waals surface area contributed by atoms with Crippen molar-refractivity contribution in [1.29, 1.82) is 0 Å². The number of nitrogens with zero attached hydrogens (tertiary/aromatic N) is 4. The van der Waals surface area contributed by atoms with Crippen molar-refractivity contribution in [3.05, 3.63) is 83.7 Å². The molecular formula is C22H22FN5O. The summed E-state index contributed by atoms with van der Waals surface area (Å²) in [7, 11) is 0. The van der Waals surface area contributed by atoms with Crippen molar-refractivity contribution in [3.63, 3.8) is 0 Å². The number of amides is 1. The minimum atomic E-state index is -0.453. The van der Waals surface area contributed by atoms with E-state index in [4.69, 9.17) is 0 Å². The van der Waals surface area contributed by atoms with Crippen molar-refractivity contribution in [2.45, 2.75) is 6.54 Å². The third-order valence-electron chi connectivity index (χ3n) is 4.92. The summed E-state index contributed by atoms with van der Waals surface area (Å²) in [6.45, 7) is 4.60. The van der Waals surface area contributed by atoms with Gasteiger partial charge in [0.1, 0.15) is 5.82 Å². The lowest BCUT2D eigenvalue weighted by Crippen LogP contribution is -2.46. The Morgan fingerprint density at radius 1 is 0.931 bits per heavy atom. The van der Waals surface area contributed by atoms with Crippen molar-refractivity contribution in [2.24, 2.45) is 0 Å². The number of nitrogens with one attached hydrogen (secondary N) is 1. The van der Waals surface area contributed by atoms with Crippen LogP contribution in [0.3, 0.4) is 0 Å². The molecule has 1 saturated heterocycles. The largest absolute Gasteiger partial charge is 0.353 e. The summed E-state index contributed by atoms with van der Waals surface area (Å²) in [5, 5.41) is 11.0. The van der Waals surface area contributed by atoms with Gasteiger partial charge in [-0.15, -0.1) is 10.2 Å². The Labute approximate surface area is 169 Å². The number of rotatable bonds is 5. The molecule has 6 nitrogen and oxygen atoms in total. The number of hydrogen-bond donors (Lipinski definition) is 1. The summed E-state index contributed by atoms with van der Waals surface area (Å²) in [5.74, 6) is 0.255. The predicted octanol–water partition coefficient (Wildman–Crippen LogP) is 3.19. The topological polar surface area (TPSA) is 61.4 Å². The van der Waals surface area contributed by atoms with Crippen LogP contribution in [0.4, 0.5) is 16.0 Å². The van der Waals surface area contributed by atoms with Crippen molar-refractivity contribution in [3.8, 4) is 0 Å². The van der Waals surface area contributed by atoms with Crippen molar-refractivity contribution >= 4 is 17.5 Å². The van der Waals surface area contributed by atoms with Crippen molar-refractivity contribution < 1.29 is 9.18 Å². The molecule has 29 heavy (non-hydrogen) atoms. The normalized spacial score (nSPS) is 14.6. The summed E-state index contributed by atoms with van der Waals surface area (Å²) >= 11 is 0. The lowest BCUT2D eigenvalue weighted by molar-refractivity contribution is 0.102. The Morgan fingerprint density at radius 2 is 1.72 bits per heavy atom. The average molecular weight is 391 g/mol. The van der Waals surface area contributed by atoms with Gasteiger partial charge in [0.25, 0.3) is 5.91 Å². The highest BCUT2D eigenvalue weighted by atomic mass is 19.1. The zero-order chi connectivity index (χ0) is 20.1. The Bertz CT molecular complexity index is 956. The van der Waals surface area contributed by atoms with Gasteiger partial charge in [-0.1, -0.05) is 36.4 Å². The van der Waals surface area contributed by atoms with Crippen LogP contribution in [-0.4, -0.2) is 47.2 Å². The SMILES string of the molecule is O=C(Nc1ccc(N2CCN(Cc3ccccc3)CC2)nn1)c1cccc(F)c1. The maximum atomic E-state index is 13.3. The van der Waals surface area contributed by atoms with Gasteiger partial charge in [0.05, 0.1) is 0 Å². The quantitative estimate of drug-likeness (QED) is 0.724. The molecule has 1 amide bonds. The summed E-state index contributed by atoms with van der Waals surface area (Å²) < 4.78 is 13.3. The second-order valence-electron chi connectivity index (χ2n) is 6.99. The molecule has 7 heteroatoms. The fourth-order valence-electron chi connectivity index (χ4n) is 3.36. The molecular weight excluding hydrogens is 369 g/mol. The van der Waals surface area contributed by atoms with Crippen LogP contribution in [-0.2, 0) is 6.54 Å². The minimum Gasteiger partial charge on any atom is -0.353 e. The molecule has 0 radical (unpaired) electrons. The number of halogens is 1. The van der Waals surface area contributed by atoms with Crippen LogP contribution in [0.25, 0.3) is 0 Å². The molecule has 1 aliphatic heterocycles. The molecule has 0 atom stereocenters. The molecule has 0 aliphatic carbocycles. The Morgan fingerprint density at radius 3 is 2.41 bits per heavy atom. The fraction of sp³-hybridized carbons (Fsp3) is 0.227. The standard InChI is InChI=1S/C22H22FN5O/c23-19-8-4-7-18(15-19)22(29)24-20-9-10-21(26-25-20)28-13-11-27(12-14-28)16-17-5-2-1-3-6-17/h1-10,15H,11-14,16H2,(H,24,25,29). The summed E-state index contributed by atoms with van der Waals surface area (Å²) in [5.41, 5.74) is 1.56. The van der Waals surface area contributed by atoms with Crippen LogP contribution in [0.5, 0.6) is 0 Å². The van der Waals surface area contributed by atoms with E-state index in [2.05, 4.69) is 49.6 Å². The van der Waals surface area contributed by atoms with Gasteiger partial charge in [0.2, 0.25) is 0 Å². The Balaban J connectivity index is 1.31. The average Bonchev–Trinajstić information content (AvgIpc) is 2.76. The van der Waals surface area contributed by atoms with Crippen molar-refractivity contribution in [1.82, 2.24) is 15.1 Å². The van der Waals surface area contributed by atoms with Crippen LogP contribution < -0.4 is 10.2 Å². The Kier molecular flexibility index (Phi) is 5.76. The lowest BCUT2D eigenvalue weighted by atomic mass is 10.2. The van der Waals surface area contributed by atoms with Gasteiger partial charge in [-0.2, -0.15) is 0 Å². The molecule has 2 aromatic carbocycles. The molecule has 0 saturated carbocycles. The van der Waals surface area contributed by atoms with Gasteiger partial charge >= 0.3 is 0 Å². The highest BCUT2D eigenvalue weighted by molar-refractivity contribution is 6.03. The molecule has 4 rings (SSSR count).